The monoisotopic (exact) mass is 205 g/mol. The zero-order valence-electron chi connectivity index (χ0n) is 9.17. The lowest BCUT2D eigenvalue weighted by Gasteiger charge is -2.17. The number of nitrogens with two attached hydrogens (primary N) is 1. The number of rotatable bonds is 4. The molecular formula is C13H19NO. The van der Waals surface area contributed by atoms with Crippen molar-refractivity contribution in [2.45, 2.75) is 32.3 Å². The van der Waals surface area contributed by atoms with Gasteiger partial charge in [0.05, 0.1) is 13.2 Å². The molecule has 2 rings (SSSR count). The van der Waals surface area contributed by atoms with E-state index in [1.807, 2.05) is 0 Å². The van der Waals surface area contributed by atoms with Gasteiger partial charge in [-0.25, -0.2) is 0 Å². The third-order valence-electron chi connectivity index (χ3n) is 2.96. The Balaban J connectivity index is 2.00. The molecule has 0 bridgehead atoms. The Labute approximate surface area is 91.4 Å². The molecule has 0 spiro atoms. The van der Waals surface area contributed by atoms with E-state index in [2.05, 4.69) is 18.2 Å². The summed E-state index contributed by atoms with van der Waals surface area (Å²) in [6.45, 7) is 2.47. The van der Waals surface area contributed by atoms with Gasteiger partial charge in [-0.1, -0.05) is 18.2 Å². The van der Waals surface area contributed by atoms with Crippen molar-refractivity contribution in [1.82, 2.24) is 0 Å². The Morgan fingerprint density at radius 2 is 2.13 bits per heavy atom. The van der Waals surface area contributed by atoms with E-state index in [1.165, 1.54) is 23.1 Å². The maximum absolute atomic E-state index is 5.48. The Hall–Kier alpha value is -0.860. The van der Waals surface area contributed by atoms with Gasteiger partial charge >= 0.3 is 0 Å². The summed E-state index contributed by atoms with van der Waals surface area (Å²) in [5.74, 6) is 0. The molecule has 2 nitrogen and oxygen atoms in total. The maximum Gasteiger partial charge on any atom is 0.0719 e. The molecule has 82 valence electrons. The molecule has 2 N–H and O–H groups in total. The van der Waals surface area contributed by atoms with Gasteiger partial charge < -0.3 is 10.5 Å². The summed E-state index contributed by atoms with van der Waals surface area (Å²) in [6.07, 6.45) is 4.52. The molecule has 0 radical (unpaired) electrons. The predicted octanol–water partition coefficient (Wildman–Crippen LogP) is 2.04. The van der Waals surface area contributed by atoms with Crippen molar-refractivity contribution in [1.29, 1.82) is 0 Å². The molecule has 0 saturated heterocycles. The second-order valence-corrected chi connectivity index (χ2v) is 4.15. The normalized spacial score (nSPS) is 15.0. The van der Waals surface area contributed by atoms with E-state index in [9.17, 15) is 0 Å². The Kier molecular flexibility index (Phi) is 3.75. The van der Waals surface area contributed by atoms with Crippen LogP contribution in [0, 0.1) is 0 Å². The lowest BCUT2D eigenvalue weighted by molar-refractivity contribution is 0.110. The molecule has 0 aromatic heterocycles. The van der Waals surface area contributed by atoms with Crippen LogP contribution in [0.5, 0.6) is 0 Å². The van der Waals surface area contributed by atoms with E-state index in [4.69, 9.17) is 10.5 Å². The van der Waals surface area contributed by atoms with Crippen molar-refractivity contribution in [3.8, 4) is 0 Å². The van der Waals surface area contributed by atoms with Crippen LogP contribution in [-0.2, 0) is 24.2 Å². The average molecular weight is 205 g/mol. The minimum Gasteiger partial charge on any atom is -0.376 e. The number of ether oxygens (including phenoxy) is 1. The highest BCUT2D eigenvalue weighted by Gasteiger charge is 2.09. The number of fused-ring (bicyclic) bond motifs is 1. The van der Waals surface area contributed by atoms with Gasteiger partial charge in [-0.15, -0.1) is 0 Å². The highest BCUT2D eigenvalue weighted by Crippen LogP contribution is 2.19. The lowest BCUT2D eigenvalue weighted by atomic mass is 9.98. The van der Waals surface area contributed by atoms with E-state index >= 15 is 0 Å². The van der Waals surface area contributed by atoms with Crippen LogP contribution >= 0.6 is 0 Å². The third kappa shape index (κ3) is 2.80. The van der Waals surface area contributed by atoms with E-state index in [0.717, 1.165) is 39.0 Å². The third-order valence-corrected chi connectivity index (χ3v) is 2.96. The number of hydrogen-bond donors (Lipinski definition) is 1. The second kappa shape index (κ2) is 5.29. The first-order valence-corrected chi connectivity index (χ1v) is 5.78. The molecule has 0 amide bonds. The van der Waals surface area contributed by atoms with Gasteiger partial charge in [0.1, 0.15) is 0 Å². The van der Waals surface area contributed by atoms with Gasteiger partial charge in [-0.2, -0.15) is 0 Å². The summed E-state index contributed by atoms with van der Waals surface area (Å²) in [6, 6.07) is 6.81. The molecule has 0 atom stereocenters. The summed E-state index contributed by atoms with van der Waals surface area (Å²) < 4.78 is 5.46. The van der Waals surface area contributed by atoms with Crippen molar-refractivity contribution in [3.63, 3.8) is 0 Å². The zero-order chi connectivity index (χ0) is 10.5. The van der Waals surface area contributed by atoms with Crippen molar-refractivity contribution >= 4 is 0 Å². The van der Waals surface area contributed by atoms with Crippen LogP contribution in [0.1, 0.15) is 29.5 Å². The van der Waals surface area contributed by atoms with Crippen LogP contribution in [0.3, 0.4) is 0 Å². The lowest BCUT2D eigenvalue weighted by Crippen LogP contribution is -2.10. The van der Waals surface area contributed by atoms with Gasteiger partial charge in [-0.05, 0) is 48.9 Å². The Morgan fingerprint density at radius 3 is 3.00 bits per heavy atom. The molecule has 0 saturated carbocycles. The predicted molar refractivity (Wildman–Crippen MR) is 61.8 cm³/mol. The van der Waals surface area contributed by atoms with Crippen LogP contribution in [0.15, 0.2) is 18.2 Å². The van der Waals surface area contributed by atoms with Gasteiger partial charge in [0.25, 0.3) is 0 Å². The molecule has 1 aromatic rings. The Bertz CT molecular complexity index is 322. The average Bonchev–Trinajstić information content (AvgIpc) is 2.29. The van der Waals surface area contributed by atoms with Crippen molar-refractivity contribution in [3.05, 3.63) is 34.9 Å². The minimum atomic E-state index is 0.792. The first kappa shape index (κ1) is 10.7. The molecule has 2 heteroatoms. The molecule has 1 aliphatic rings. The van der Waals surface area contributed by atoms with Gasteiger partial charge in [0, 0.05) is 0 Å². The van der Waals surface area contributed by atoms with Crippen molar-refractivity contribution < 1.29 is 4.74 Å². The maximum atomic E-state index is 5.48. The fraction of sp³-hybridized carbons (Fsp3) is 0.538. The molecule has 15 heavy (non-hydrogen) atoms. The standard InChI is InChI=1S/C13H19NO/c14-7-2-1-3-11-4-5-12-6-8-15-10-13(12)9-11/h4-5,9H,1-3,6-8,10,14H2. The quantitative estimate of drug-likeness (QED) is 0.763. The number of unbranched alkanes of at least 4 members (excludes halogenated alkanes) is 1. The first-order chi connectivity index (χ1) is 7.40. The van der Waals surface area contributed by atoms with E-state index in [1.54, 1.807) is 0 Å². The highest BCUT2D eigenvalue weighted by molar-refractivity contribution is 5.32. The highest BCUT2D eigenvalue weighted by atomic mass is 16.5. The molecule has 1 heterocycles. The molecule has 0 unspecified atom stereocenters. The van der Waals surface area contributed by atoms with Gasteiger partial charge in [0.2, 0.25) is 0 Å². The largest absolute Gasteiger partial charge is 0.376 e. The first-order valence-electron chi connectivity index (χ1n) is 5.78. The Morgan fingerprint density at radius 1 is 1.20 bits per heavy atom. The summed E-state index contributed by atoms with van der Waals surface area (Å²) in [4.78, 5) is 0. The summed E-state index contributed by atoms with van der Waals surface area (Å²) in [5.41, 5.74) is 9.75. The van der Waals surface area contributed by atoms with E-state index in [0.29, 0.717) is 0 Å². The molecule has 1 aliphatic heterocycles. The fourth-order valence-corrected chi connectivity index (χ4v) is 2.05. The molecule has 0 aliphatic carbocycles. The zero-order valence-corrected chi connectivity index (χ0v) is 9.17. The SMILES string of the molecule is NCCCCc1ccc2c(c1)COCC2. The summed E-state index contributed by atoms with van der Waals surface area (Å²) >= 11 is 0. The van der Waals surface area contributed by atoms with Crippen LogP contribution in [0.4, 0.5) is 0 Å². The smallest absolute Gasteiger partial charge is 0.0719 e. The minimum absolute atomic E-state index is 0.792. The van der Waals surface area contributed by atoms with Crippen LogP contribution in [-0.4, -0.2) is 13.2 Å². The van der Waals surface area contributed by atoms with Gasteiger partial charge in [-0.3, -0.25) is 0 Å². The molecule has 0 fully saturated rings. The number of hydrogen-bond acceptors (Lipinski definition) is 2. The molecular weight excluding hydrogens is 186 g/mol. The number of aryl methyl sites for hydroxylation is 1. The van der Waals surface area contributed by atoms with Gasteiger partial charge in [0.15, 0.2) is 0 Å². The second-order valence-electron chi connectivity index (χ2n) is 4.15. The van der Waals surface area contributed by atoms with Crippen LogP contribution in [0.25, 0.3) is 0 Å². The van der Waals surface area contributed by atoms with Crippen molar-refractivity contribution in [2.75, 3.05) is 13.2 Å². The van der Waals surface area contributed by atoms with Crippen LogP contribution in [0.2, 0.25) is 0 Å². The molecule has 1 aromatic carbocycles. The van der Waals surface area contributed by atoms with E-state index < -0.39 is 0 Å². The van der Waals surface area contributed by atoms with Crippen LogP contribution < -0.4 is 5.73 Å². The summed E-state index contributed by atoms with van der Waals surface area (Å²) in [7, 11) is 0. The number of benzene rings is 1. The summed E-state index contributed by atoms with van der Waals surface area (Å²) in [5, 5.41) is 0. The van der Waals surface area contributed by atoms with Crippen molar-refractivity contribution in [2.24, 2.45) is 5.73 Å². The van der Waals surface area contributed by atoms with E-state index in [-0.39, 0.29) is 0 Å². The topological polar surface area (TPSA) is 35.2 Å². The fourth-order valence-electron chi connectivity index (χ4n) is 2.05.